The molecule has 17 heavy (non-hydrogen) atoms. The monoisotopic (exact) mass is 231 g/mol. The molecule has 1 heterocycles. The van der Waals surface area contributed by atoms with Crippen LogP contribution in [0, 0.1) is 5.41 Å². The third kappa shape index (κ3) is 1.74. The van der Waals surface area contributed by atoms with E-state index in [9.17, 15) is 0 Å². The fraction of sp³-hybridized carbons (Fsp3) is 0.571. The van der Waals surface area contributed by atoms with Crippen LogP contribution in [0.15, 0.2) is 18.2 Å². The number of hydrogen-bond acceptors (Lipinski definition) is 3. The number of nitrogen functional groups attached to an aromatic ring is 1. The highest BCUT2D eigenvalue weighted by Crippen LogP contribution is 2.44. The smallest absolute Gasteiger partial charge is 0.0833 e. The van der Waals surface area contributed by atoms with E-state index < -0.39 is 0 Å². The van der Waals surface area contributed by atoms with E-state index >= 15 is 0 Å². The van der Waals surface area contributed by atoms with Crippen LogP contribution < -0.4 is 16.0 Å². The molecule has 0 atom stereocenters. The maximum Gasteiger partial charge on any atom is 0.0833 e. The maximum absolute atomic E-state index is 6.11. The van der Waals surface area contributed by atoms with E-state index in [1.165, 1.54) is 37.1 Å². The van der Waals surface area contributed by atoms with Crippen LogP contribution in [0.4, 0.5) is 17.1 Å². The van der Waals surface area contributed by atoms with E-state index in [-0.39, 0.29) is 0 Å². The molecular weight excluding hydrogens is 210 g/mol. The van der Waals surface area contributed by atoms with Crippen LogP contribution in [0.3, 0.4) is 0 Å². The lowest BCUT2D eigenvalue weighted by atomic mass is 9.86. The number of nitrogens with zero attached hydrogens (tertiary/aromatic N) is 1. The fourth-order valence-corrected chi connectivity index (χ4v) is 3.51. The van der Waals surface area contributed by atoms with Crippen LogP contribution in [-0.2, 0) is 0 Å². The molecular formula is C14H21N3. The van der Waals surface area contributed by atoms with Gasteiger partial charge in [0.2, 0.25) is 0 Å². The summed E-state index contributed by atoms with van der Waals surface area (Å²) in [6.45, 7) is 2.22. The zero-order valence-electron chi connectivity index (χ0n) is 10.5. The van der Waals surface area contributed by atoms with Gasteiger partial charge in [-0.3, -0.25) is 0 Å². The second-order valence-electron chi connectivity index (χ2n) is 5.66. The molecule has 1 spiro atoms. The van der Waals surface area contributed by atoms with Gasteiger partial charge in [-0.1, -0.05) is 18.9 Å². The van der Waals surface area contributed by atoms with E-state index in [4.69, 9.17) is 5.73 Å². The van der Waals surface area contributed by atoms with Crippen LogP contribution in [0.2, 0.25) is 0 Å². The molecule has 0 amide bonds. The number of para-hydroxylation sites is 1. The van der Waals surface area contributed by atoms with Crippen molar-refractivity contribution in [2.24, 2.45) is 5.41 Å². The predicted octanol–water partition coefficient (Wildman–Crippen LogP) is 2.69. The van der Waals surface area contributed by atoms with Gasteiger partial charge >= 0.3 is 0 Å². The van der Waals surface area contributed by atoms with Gasteiger partial charge < -0.3 is 16.0 Å². The minimum absolute atomic E-state index is 0.459. The highest BCUT2D eigenvalue weighted by molar-refractivity contribution is 5.82. The molecule has 0 unspecified atom stereocenters. The normalized spacial score (nSPS) is 22.1. The Labute approximate surface area is 103 Å². The van der Waals surface area contributed by atoms with Crippen molar-refractivity contribution in [3.63, 3.8) is 0 Å². The molecule has 1 aliphatic heterocycles. The standard InChI is InChI=1S/C14H21N3/c1-17-10-14(7-2-3-8-14)9-16-12-6-4-5-11(15)13(12)17/h4-6,16H,2-3,7-10,15H2,1H3. The van der Waals surface area contributed by atoms with Gasteiger partial charge in [-0.2, -0.15) is 0 Å². The molecule has 1 aromatic rings. The second kappa shape index (κ2) is 3.83. The predicted molar refractivity (Wildman–Crippen MR) is 73.5 cm³/mol. The Morgan fingerprint density at radius 3 is 2.82 bits per heavy atom. The van der Waals surface area contributed by atoms with Crippen molar-refractivity contribution in [1.29, 1.82) is 0 Å². The average molecular weight is 231 g/mol. The van der Waals surface area contributed by atoms with Crippen LogP contribution >= 0.6 is 0 Å². The molecule has 1 aromatic carbocycles. The van der Waals surface area contributed by atoms with Gasteiger partial charge in [0.1, 0.15) is 0 Å². The summed E-state index contributed by atoms with van der Waals surface area (Å²) in [5.41, 5.74) is 9.82. The van der Waals surface area contributed by atoms with Gasteiger partial charge in [0.15, 0.2) is 0 Å². The van der Waals surface area contributed by atoms with Crippen LogP contribution in [0.5, 0.6) is 0 Å². The molecule has 0 aromatic heterocycles. The fourth-order valence-electron chi connectivity index (χ4n) is 3.51. The highest BCUT2D eigenvalue weighted by atomic mass is 15.2. The molecule has 1 saturated carbocycles. The van der Waals surface area contributed by atoms with Gasteiger partial charge in [-0.25, -0.2) is 0 Å². The average Bonchev–Trinajstić information content (AvgIpc) is 2.69. The minimum atomic E-state index is 0.459. The highest BCUT2D eigenvalue weighted by Gasteiger charge is 2.37. The van der Waals surface area contributed by atoms with Crippen molar-refractivity contribution in [3.8, 4) is 0 Å². The molecule has 0 bridgehead atoms. The lowest BCUT2D eigenvalue weighted by Gasteiger charge is -2.31. The Kier molecular flexibility index (Phi) is 2.42. The molecule has 3 N–H and O–H groups in total. The number of rotatable bonds is 0. The van der Waals surface area contributed by atoms with Crippen molar-refractivity contribution in [2.45, 2.75) is 25.7 Å². The van der Waals surface area contributed by atoms with E-state index in [1.807, 2.05) is 12.1 Å². The van der Waals surface area contributed by atoms with Gasteiger partial charge in [0.25, 0.3) is 0 Å². The van der Waals surface area contributed by atoms with E-state index in [2.05, 4.69) is 23.3 Å². The molecule has 3 rings (SSSR count). The topological polar surface area (TPSA) is 41.3 Å². The van der Waals surface area contributed by atoms with Crippen LogP contribution in [0.1, 0.15) is 25.7 Å². The largest absolute Gasteiger partial charge is 0.397 e. The Balaban J connectivity index is 1.97. The number of fused-ring (bicyclic) bond motifs is 1. The Morgan fingerprint density at radius 1 is 1.29 bits per heavy atom. The van der Waals surface area contributed by atoms with Crippen molar-refractivity contribution in [1.82, 2.24) is 0 Å². The first-order valence-electron chi connectivity index (χ1n) is 6.54. The number of nitrogens with one attached hydrogen (secondary N) is 1. The Bertz CT molecular complexity index is 421. The molecule has 92 valence electrons. The van der Waals surface area contributed by atoms with Crippen molar-refractivity contribution < 1.29 is 0 Å². The van der Waals surface area contributed by atoms with Crippen molar-refractivity contribution in [3.05, 3.63) is 18.2 Å². The van der Waals surface area contributed by atoms with Crippen LogP contribution in [-0.4, -0.2) is 20.1 Å². The SMILES string of the molecule is CN1CC2(CCCC2)CNc2cccc(N)c21. The lowest BCUT2D eigenvalue weighted by molar-refractivity contribution is 0.330. The first-order chi connectivity index (χ1) is 8.20. The van der Waals surface area contributed by atoms with E-state index in [0.717, 1.165) is 18.8 Å². The Hall–Kier alpha value is -1.38. The second-order valence-corrected chi connectivity index (χ2v) is 5.66. The molecule has 3 heteroatoms. The molecule has 1 fully saturated rings. The zero-order chi connectivity index (χ0) is 11.9. The quantitative estimate of drug-likeness (QED) is 0.675. The number of benzene rings is 1. The van der Waals surface area contributed by atoms with Crippen molar-refractivity contribution >= 4 is 17.1 Å². The summed E-state index contributed by atoms with van der Waals surface area (Å²) >= 11 is 0. The summed E-state index contributed by atoms with van der Waals surface area (Å²) in [6.07, 6.45) is 5.44. The number of nitrogens with two attached hydrogens (primary N) is 1. The lowest BCUT2D eigenvalue weighted by Crippen LogP contribution is -2.36. The molecule has 3 nitrogen and oxygen atoms in total. The molecule has 0 saturated heterocycles. The first-order valence-corrected chi connectivity index (χ1v) is 6.54. The molecule has 0 radical (unpaired) electrons. The summed E-state index contributed by atoms with van der Waals surface area (Å²) < 4.78 is 0. The van der Waals surface area contributed by atoms with Crippen LogP contribution in [0.25, 0.3) is 0 Å². The summed E-state index contributed by atoms with van der Waals surface area (Å²) in [4.78, 5) is 2.34. The zero-order valence-corrected chi connectivity index (χ0v) is 10.5. The van der Waals surface area contributed by atoms with E-state index in [1.54, 1.807) is 0 Å². The maximum atomic E-state index is 6.11. The molecule has 2 aliphatic rings. The third-order valence-electron chi connectivity index (χ3n) is 4.34. The van der Waals surface area contributed by atoms with E-state index in [0.29, 0.717) is 5.41 Å². The third-order valence-corrected chi connectivity index (χ3v) is 4.34. The summed E-state index contributed by atoms with van der Waals surface area (Å²) in [7, 11) is 2.17. The number of anilines is 3. The van der Waals surface area contributed by atoms with Gasteiger partial charge in [-0.15, -0.1) is 0 Å². The van der Waals surface area contributed by atoms with Gasteiger partial charge in [0.05, 0.1) is 17.1 Å². The molecule has 1 aliphatic carbocycles. The minimum Gasteiger partial charge on any atom is -0.397 e. The summed E-state index contributed by atoms with van der Waals surface area (Å²) in [6, 6.07) is 6.15. The first kappa shape index (κ1) is 10.8. The summed E-state index contributed by atoms with van der Waals surface area (Å²) in [5, 5.41) is 3.61. The Morgan fingerprint density at radius 2 is 2.06 bits per heavy atom. The number of hydrogen-bond donors (Lipinski definition) is 2. The summed E-state index contributed by atoms with van der Waals surface area (Å²) in [5.74, 6) is 0. The van der Waals surface area contributed by atoms with Gasteiger partial charge in [-0.05, 0) is 25.0 Å². The van der Waals surface area contributed by atoms with Crippen molar-refractivity contribution in [2.75, 3.05) is 36.1 Å². The van der Waals surface area contributed by atoms with Gasteiger partial charge in [0, 0.05) is 25.6 Å².